The van der Waals surface area contributed by atoms with E-state index in [-0.39, 0.29) is 5.91 Å². The summed E-state index contributed by atoms with van der Waals surface area (Å²) in [5.74, 6) is 0.691. The highest BCUT2D eigenvalue weighted by molar-refractivity contribution is 7.80. The zero-order valence-electron chi connectivity index (χ0n) is 11.4. The minimum Gasteiger partial charge on any atom is -0.494 e. The third-order valence-electron chi connectivity index (χ3n) is 2.43. The van der Waals surface area contributed by atoms with E-state index in [4.69, 9.17) is 17.0 Å². The molecule has 1 amide bonds. The Morgan fingerprint density at radius 2 is 2.16 bits per heavy atom. The van der Waals surface area contributed by atoms with Crippen LogP contribution in [0.2, 0.25) is 0 Å². The Kier molecular flexibility index (Phi) is 6.89. The van der Waals surface area contributed by atoms with Gasteiger partial charge in [0.05, 0.1) is 6.61 Å². The van der Waals surface area contributed by atoms with Crippen molar-refractivity contribution in [2.45, 2.75) is 33.1 Å². The minimum atomic E-state index is -0.104. The second-order valence-corrected chi connectivity index (χ2v) is 4.49. The average molecular weight is 280 g/mol. The molecule has 1 aromatic carbocycles. The molecular weight excluding hydrogens is 260 g/mol. The monoisotopic (exact) mass is 280 g/mol. The maximum atomic E-state index is 11.2. The average Bonchev–Trinajstić information content (AvgIpc) is 2.39. The summed E-state index contributed by atoms with van der Waals surface area (Å²) in [7, 11) is 0. The molecule has 0 fully saturated rings. The Hall–Kier alpha value is -1.62. The Labute approximate surface area is 119 Å². The summed E-state index contributed by atoms with van der Waals surface area (Å²) in [5.41, 5.74) is 0.801. The van der Waals surface area contributed by atoms with E-state index in [1.807, 2.05) is 24.3 Å². The second-order valence-electron chi connectivity index (χ2n) is 4.09. The van der Waals surface area contributed by atoms with E-state index in [1.165, 1.54) is 0 Å². The molecule has 0 radical (unpaired) electrons. The van der Waals surface area contributed by atoms with E-state index >= 15 is 0 Å². The minimum absolute atomic E-state index is 0.104. The van der Waals surface area contributed by atoms with Gasteiger partial charge in [-0.25, -0.2) is 0 Å². The van der Waals surface area contributed by atoms with Gasteiger partial charge in [-0.2, -0.15) is 0 Å². The zero-order chi connectivity index (χ0) is 14.1. The number of hydrogen-bond acceptors (Lipinski definition) is 3. The van der Waals surface area contributed by atoms with Gasteiger partial charge in [-0.05, 0) is 30.8 Å². The number of nitrogens with one attached hydrogen (secondary N) is 2. The number of ether oxygens (including phenoxy) is 1. The lowest BCUT2D eigenvalue weighted by Gasteiger charge is -2.10. The predicted molar refractivity (Wildman–Crippen MR) is 81.5 cm³/mol. The fraction of sp³-hybridized carbons (Fsp3) is 0.429. The Balaban J connectivity index is 2.51. The molecule has 0 atom stereocenters. The molecule has 0 bridgehead atoms. The predicted octanol–water partition coefficient (Wildman–Crippen LogP) is 3.09. The highest BCUT2D eigenvalue weighted by Gasteiger charge is 2.03. The lowest BCUT2D eigenvalue weighted by Crippen LogP contribution is -2.33. The van der Waals surface area contributed by atoms with Gasteiger partial charge < -0.3 is 15.4 Å². The van der Waals surface area contributed by atoms with Crippen molar-refractivity contribution in [3.05, 3.63) is 24.3 Å². The number of rotatable bonds is 6. The van der Waals surface area contributed by atoms with Crippen molar-refractivity contribution < 1.29 is 9.53 Å². The number of carbonyl (C=O) groups excluding carboxylic acids is 1. The Morgan fingerprint density at radius 1 is 1.37 bits per heavy atom. The quantitative estimate of drug-likeness (QED) is 0.621. The van der Waals surface area contributed by atoms with E-state index in [1.54, 1.807) is 6.92 Å². The number of benzene rings is 1. The van der Waals surface area contributed by atoms with Gasteiger partial charge in [0.2, 0.25) is 5.91 Å². The van der Waals surface area contributed by atoms with E-state index in [9.17, 15) is 4.79 Å². The first kappa shape index (κ1) is 15.4. The van der Waals surface area contributed by atoms with Crippen LogP contribution in [-0.4, -0.2) is 17.6 Å². The molecular formula is C14H20N2O2S. The maximum absolute atomic E-state index is 11.2. The van der Waals surface area contributed by atoms with Crippen LogP contribution in [0, 0.1) is 0 Å². The molecule has 5 heteroatoms. The first-order valence-corrected chi connectivity index (χ1v) is 6.90. The molecule has 0 aliphatic rings. The van der Waals surface area contributed by atoms with Crippen LogP contribution in [0.15, 0.2) is 24.3 Å². The molecule has 0 saturated carbocycles. The van der Waals surface area contributed by atoms with Crippen molar-refractivity contribution in [1.82, 2.24) is 5.32 Å². The van der Waals surface area contributed by atoms with Gasteiger partial charge in [0.25, 0.3) is 0 Å². The van der Waals surface area contributed by atoms with E-state index in [2.05, 4.69) is 17.6 Å². The van der Waals surface area contributed by atoms with Crippen molar-refractivity contribution in [1.29, 1.82) is 0 Å². The zero-order valence-corrected chi connectivity index (χ0v) is 12.2. The number of hydrogen-bond donors (Lipinski definition) is 2. The molecule has 0 saturated heterocycles. The Morgan fingerprint density at radius 3 is 2.84 bits per heavy atom. The molecule has 0 unspecified atom stereocenters. The molecule has 0 aliphatic carbocycles. The van der Waals surface area contributed by atoms with Crippen molar-refractivity contribution in [3.63, 3.8) is 0 Å². The molecule has 0 spiro atoms. The van der Waals surface area contributed by atoms with Gasteiger partial charge in [0, 0.05) is 18.2 Å². The van der Waals surface area contributed by atoms with E-state index in [0.717, 1.165) is 24.3 Å². The van der Waals surface area contributed by atoms with Crippen molar-refractivity contribution in [2.24, 2.45) is 0 Å². The van der Waals surface area contributed by atoms with Crippen LogP contribution in [0.3, 0.4) is 0 Å². The van der Waals surface area contributed by atoms with Crippen LogP contribution in [0.5, 0.6) is 5.75 Å². The Bertz CT molecular complexity index is 435. The van der Waals surface area contributed by atoms with Crippen molar-refractivity contribution in [2.75, 3.05) is 11.9 Å². The molecule has 4 nitrogen and oxygen atoms in total. The lowest BCUT2D eigenvalue weighted by atomic mass is 10.3. The van der Waals surface area contributed by atoms with Crippen molar-refractivity contribution >= 4 is 28.9 Å². The van der Waals surface area contributed by atoms with E-state index < -0.39 is 0 Å². The van der Waals surface area contributed by atoms with Crippen LogP contribution < -0.4 is 15.4 Å². The summed E-state index contributed by atoms with van der Waals surface area (Å²) < 4.78 is 5.60. The third kappa shape index (κ3) is 6.20. The topological polar surface area (TPSA) is 50.4 Å². The summed E-state index contributed by atoms with van der Waals surface area (Å²) in [6.45, 7) is 4.60. The van der Waals surface area contributed by atoms with Gasteiger partial charge in [0.15, 0.2) is 5.11 Å². The van der Waals surface area contributed by atoms with E-state index in [0.29, 0.717) is 18.1 Å². The molecule has 104 valence electrons. The summed E-state index contributed by atoms with van der Waals surface area (Å²) >= 11 is 5.04. The third-order valence-corrected chi connectivity index (χ3v) is 2.64. The van der Waals surface area contributed by atoms with Gasteiger partial charge in [-0.3, -0.25) is 4.79 Å². The first-order valence-electron chi connectivity index (χ1n) is 6.49. The molecule has 0 aliphatic heterocycles. The number of thiocarbonyl (C=S) groups is 1. The number of unbranched alkanes of at least 4 members (excludes halogenated alkanes) is 1. The van der Waals surface area contributed by atoms with Gasteiger partial charge in [0.1, 0.15) is 5.75 Å². The van der Waals surface area contributed by atoms with Gasteiger partial charge in [-0.15, -0.1) is 0 Å². The SMILES string of the molecule is CCCCOc1cccc(NC(=S)NC(=O)CC)c1. The maximum Gasteiger partial charge on any atom is 0.225 e. The van der Waals surface area contributed by atoms with Crippen LogP contribution >= 0.6 is 12.2 Å². The normalized spacial score (nSPS) is 9.79. The molecule has 1 rings (SSSR count). The van der Waals surface area contributed by atoms with Crippen LogP contribution in [0.25, 0.3) is 0 Å². The molecule has 19 heavy (non-hydrogen) atoms. The van der Waals surface area contributed by atoms with Crippen LogP contribution in [0.4, 0.5) is 5.69 Å². The smallest absolute Gasteiger partial charge is 0.225 e. The second kappa shape index (κ2) is 8.48. The van der Waals surface area contributed by atoms with Crippen molar-refractivity contribution in [3.8, 4) is 5.75 Å². The number of carbonyl (C=O) groups is 1. The van der Waals surface area contributed by atoms with Crippen LogP contribution in [-0.2, 0) is 4.79 Å². The highest BCUT2D eigenvalue weighted by Crippen LogP contribution is 2.17. The largest absolute Gasteiger partial charge is 0.494 e. The number of anilines is 1. The fourth-order valence-corrected chi connectivity index (χ4v) is 1.61. The summed E-state index contributed by atoms with van der Waals surface area (Å²) in [6, 6.07) is 7.51. The standard InChI is InChI=1S/C14H20N2O2S/c1-3-5-9-18-12-8-6-7-11(10-12)15-14(19)16-13(17)4-2/h6-8,10H,3-5,9H2,1-2H3,(H2,15,16,17,19). The molecule has 1 aromatic rings. The summed E-state index contributed by atoms with van der Waals surface area (Å²) in [6.07, 6.45) is 2.54. The van der Waals surface area contributed by atoms with Gasteiger partial charge >= 0.3 is 0 Å². The van der Waals surface area contributed by atoms with Gasteiger partial charge in [-0.1, -0.05) is 26.3 Å². The summed E-state index contributed by atoms with van der Waals surface area (Å²) in [4.78, 5) is 11.2. The molecule has 2 N–H and O–H groups in total. The summed E-state index contributed by atoms with van der Waals surface area (Å²) in [5, 5.41) is 5.85. The fourth-order valence-electron chi connectivity index (χ4n) is 1.38. The lowest BCUT2D eigenvalue weighted by molar-refractivity contribution is -0.119. The van der Waals surface area contributed by atoms with Crippen LogP contribution in [0.1, 0.15) is 33.1 Å². The molecule has 0 aromatic heterocycles. The first-order chi connectivity index (χ1) is 9.15. The number of amides is 1. The highest BCUT2D eigenvalue weighted by atomic mass is 32.1. The molecule has 0 heterocycles.